The molecule has 0 saturated carbocycles. The molecule has 1 heterocycles. The summed E-state index contributed by atoms with van der Waals surface area (Å²) in [4.78, 5) is 5.93. The highest BCUT2D eigenvalue weighted by Crippen LogP contribution is 2.30. The summed E-state index contributed by atoms with van der Waals surface area (Å²) in [6.07, 6.45) is 0. The second-order valence-corrected chi connectivity index (χ2v) is 9.33. The van der Waals surface area contributed by atoms with Crippen LogP contribution in [0.1, 0.15) is 11.1 Å². The van der Waals surface area contributed by atoms with E-state index in [0.717, 1.165) is 54.3 Å². The van der Waals surface area contributed by atoms with E-state index in [1.165, 1.54) is 28.7 Å². The fourth-order valence-corrected chi connectivity index (χ4v) is 4.83. The van der Waals surface area contributed by atoms with Crippen LogP contribution in [0.15, 0.2) is 89.8 Å². The van der Waals surface area contributed by atoms with Crippen LogP contribution < -0.4 is 9.08 Å². The van der Waals surface area contributed by atoms with Crippen molar-refractivity contribution in [3.05, 3.63) is 96.1 Å². The molecule has 0 unspecified atom stereocenters. The van der Waals surface area contributed by atoms with E-state index < -0.39 is 0 Å². The molecule has 0 spiro atoms. The molecular formula is C28H28N2O2S. The number of nitrogens with zero attached hydrogens (tertiary/aromatic N) is 2. The number of phenols is 1. The molecule has 4 aromatic rings. The number of anilines is 1. The Bertz CT molecular complexity index is 1220. The lowest BCUT2D eigenvalue weighted by Gasteiger charge is -2.36. The maximum atomic E-state index is 10.5. The molecule has 4 aromatic carbocycles. The molecule has 0 bridgehead atoms. The summed E-state index contributed by atoms with van der Waals surface area (Å²) < 4.78 is 5.87. The maximum Gasteiger partial charge on any atom is 0.138 e. The predicted octanol–water partition coefficient (Wildman–Crippen LogP) is 6.26. The highest BCUT2D eigenvalue weighted by atomic mass is 32.2. The monoisotopic (exact) mass is 456 g/mol. The fraction of sp³-hybridized carbons (Fsp3) is 0.214. The Morgan fingerprint density at radius 2 is 1.55 bits per heavy atom. The number of rotatable bonds is 6. The van der Waals surface area contributed by atoms with Gasteiger partial charge in [-0.2, -0.15) is 0 Å². The first-order valence-corrected chi connectivity index (χ1v) is 12.1. The third kappa shape index (κ3) is 5.10. The third-order valence-corrected chi connectivity index (χ3v) is 6.97. The van der Waals surface area contributed by atoms with Gasteiger partial charge in [0.05, 0.1) is 12.0 Å². The Kier molecular flexibility index (Phi) is 6.42. The van der Waals surface area contributed by atoms with Gasteiger partial charge in [-0.1, -0.05) is 48.0 Å². The van der Waals surface area contributed by atoms with E-state index in [-0.39, 0.29) is 0 Å². The lowest BCUT2D eigenvalue weighted by Crippen LogP contribution is -2.46. The average Bonchev–Trinajstić information content (AvgIpc) is 2.86. The van der Waals surface area contributed by atoms with Gasteiger partial charge in [0.1, 0.15) is 11.5 Å². The quantitative estimate of drug-likeness (QED) is 0.346. The summed E-state index contributed by atoms with van der Waals surface area (Å²) >= 11 is 1.39. The minimum absolute atomic E-state index is 0.384. The molecule has 1 aliphatic heterocycles. The van der Waals surface area contributed by atoms with Crippen LogP contribution in [0.5, 0.6) is 11.5 Å². The SMILES string of the molecule is Cc1ccc(SOc2ccc(N3CCN(Cc4c(O)ccc5ccccc45)CC3)cc2)cc1. The number of aryl methyl sites for hydroxylation is 1. The van der Waals surface area contributed by atoms with Crippen molar-refractivity contribution >= 4 is 28.5 Å². The Balaban J connectivity index is 1.17. The molecule has 1 N–H and O–H groups in total. The van der Waals surface area contributed by atoms with E-state index in [2.05, 4.69) is 65.3 Å². The smallest absolute Gasteiger partial charge is 0.138 e. The first kappa shape index (κ1) is 21.7. The van der Waals surface area contributed by atoms with Crippen molar-refractivity contribution < 1.29 is 9.29 Å². The van der Waals surface area contributed by atoms with E-state index in [1.807, 2.05) is 36.4 Å². The van der Waals surface area contributed by atoms with Crippen LogP contribution in [0.4, 0.5) is 5.69 Å². The molecule has 5 heteroatoms. The van der Waals surface area contributed by atoms with Gasteiger partial charge in [-0.05, 0) is 60.2 Å². The third-order valence-electron chi connectivity index (χ3n) is 6.23. The highest BCUT2D eigenvalue weighted by molar-refractivity contribution is 7.95. The number of piperazine rings is 1. The highest BCUT2D eigenvalue weighted by Gasteiger charge is 2.19. The van der Waals surface area contributed by atoms with Gasteiger partial charge < -0.3 is 14.2 Å². The number of hydrogen-bond acceptors (Lipinski definition) is 5. The molecule has 0 amide bonds. The van der Waals surface area contributed by atoms with Gasteiger partial charge in [0.15, 0.2) is 0 Å². The van der Waals surface area contributed by atoms with Crippen molar-refractivity contribution in [3.63, 3.8) is 0 Å². The van der Waals surface area contributed by atoms with E-state index in [9.17, 15) is 5.11 Å². The van der Waals surface area contributed by atoms with E-state index >= 15 is 0 Å². The van der Waals surface area contributed by atoms with Crippen molar-refractivity contribution in [1.82, 2.24) is 4.90 Å². The molecule has 1 fully saturated rings. The molecule has 5 rings (SSSR count). The first-order chi connectivity index (χ1) is 16.2. The lowest BCUT2D eigenvalue weighted by atomic mass is 10.0. The second kappa shape index (κ2) is 9.77. The zero-order valence-electron chi connectivity index (χ0n) is 18.8. The number of hydrogen-bond donors (Lipinski definition) is 1. The molecule has 4 nitrogen and oxygen atoms in total. The zero-order valence-corrected chi connectivity index (χ0v) is 19.6. The van der Waals surface area contributed by atoms with Crippen LogP contribution in [0, 0.1) is 6.92 Å². The molecule has 0 aromatic heterocycles. The number of phenolic OH excluding ortho intramolecular Hbond substituents is 1. The van der Waals surface area contributed by atoms with Gasteiger partial charge in [0.25, 0.3) is 0 Å². The van der Waals surface area contributed by atoms with Crippen molar-refractivity contribution in [2.24, 2.45) is 0 Å². The largest absolute Gasteiger partial charge is 0.508 e. The lowest BCUT2D eigenvalue weighted by molar-refractivity contribution is 0.247. The molecular weight excluding hydrogens is 428 g/mol. The van der Waals surface area contributed by atoms with Crippen molar-refractivity contribution in [2.45, 2.75) is 18.4 Å². The summed E-state index contributed by atoms with van der Waals surface area (Å²) in [5.41, 5.74) is 3.49. The summed E-state index contributed by atoms with van der Waals surface area (Å²) in [5.74, 6) is 1.24. The molecule has 0 atom stereocenters. The van der Waals surface area contributed by atoms with Crippen LogP contribution in [0.2, 0.25) is 0 Å². The number of benzene rings is 4. The van der Waals surface area contributed by atoms with Crippen LogP contribution in [-0.2, 0) is 6.54 Å². The van der Waals surface area contributed by atoms with Gasteiger partial charge >= 0.3 is 0 Å². The number of fused-ring (bicyclic) bond motifs is 1. The molecule has 1 aliphatic rings. The second-order valence-electron chi connectivity index (χ2n) is 8.52. The maximum absolute atomic E-state index is 10.5. The van der Waals surface area contributed by atoms with Gasteiger partial charge in [-0.15, -0.1) is 0 Å². The van der Waals surface area contributed by atoms with E-state index in [4.69, 9.17) is 4.18 Å². The van der Waals surface area contributed by atoms with Crippen molar-refractivity contribution in [3.8, 4) is 11.5 Å². The Hall–Kier alpha value is -3.15. The minimum Gasteiger partial charge on any atom is -0.508 e. The normalized spacial score (nSPS) is 14.5. The Morgan fingerprint density at radius 3 is 2.30 bits per heavy atom. The standard InChI is InChI=1S/C28H28N2O2S/c1-21-6-13-25(14-7-21)33-32-24-11-9-23(10-12-24)30-18-16-29(17-19-30)20-27-26-5-3-2-4-22(26)8-15-28(27)31/h2-15,31H,16-20H2,1H3. The predicted molar refractivity (Wildman–Crippen MR) is 137 cm³/mol. The molecule has 168 valence electrons. The Labute approximate surface area is 199 Å². The van der Waals surface area contributed by atoms with Crippen molar-refractivity contribution in [2.75, 3.05) is 31.1 Å². The Morgan fingerprint density at radius 1 is 0.818 bits per heavy atom. The van der Waals surface area contributed by atoms with Gasteiger partial charge in [0.2, 0.25) is 0 Å². The van der Waals surface area contributed by atoms with Crippen LogP contribution in [0.25, 0.3) is 10.8 Å². The van der Waals surface area contributed by atoms with Crippen LogP contribution >= 0.6 is 12.0 Å². The molecule has 0 radical (unpaired) electrons. The van der Waals surface area contributed by atoms with Crippen LogP contribution in [-0.4, -0.2) is 36.2 Å². The van der Waals surface area contributed by atoms with E-state index in [1.54, 1.807) is 0 Å². The summed E-state index contributed by atoms with van der Waals surface area (Å²) in [5, 5.41) is 12.8. The van der Waals surface area contributed by atoms with Gasteiger partial charge in [-0.3, -0.25) is 4.90 Å². The zero-order chi connectivity index (χ0) is 22.6. The molecule has 33 heavy (non-hydrogen) atoms. The van der Waals surface area contributed by atoms with Crippen molar-refractivity contribution in [1.29, 1.82) is 0 Å². The molecule has 1 saturated heterocycles. The van der Waals surface area contributed by atoms with Crippen LogP contribution in [0.3, 0.4) is 0 Å². The van der Waals surface area contributed by atoms with Gasteiger partial charge in [-0.25, -0.2) is 0 Å². The first-order valence-electron chi connectivity index (χ1n) is 11.3. The average molecular weight is 457 g/mol. The topological polar surface area (TPSA) is 35.9 Å². The van der Waals surface area contributed by atoms with Gasteiger partial charge in [0, 0.05) is 48.9 Å². The number of aromatic hydroxyl groups is 1. The van der Waals surface area contributed by atoms with E-state index in [0.29, 0.717) is 5.75 Å². The fourth-order valence-electron chi connectivity index (χ4n) is 4.28. The molecule has 0 aliphatic carbocycles. The summed E-state index contributed by atoms with van der Waals surface area (Å²) in [6, 6.07) is 28.8. The summed E-state index contributed by atoms with van der Waals surface area (Å²) in [6.45, 7) is 6.70. The minimum atomic E-state index is 0.384. The summed E-state index contributed by atoms with van der Waals surface area (Å²) in [7, 11) is 0.